The first kappa shape index (κ1) is 16.0. The van der Waals surface area contributed by atoms with Gasteiger partial charge in [-0.3, -0.25) is 4.21 Å². The SMILES string of the molecule is CCCNC1CCC(C)CC1S(=O)c1cccc(Cl)c1. The van der Waals surface area contributed by atoms with Crippen molar-refractivity contribution in [3.63, 3.8) is 0 Å². The molecule has 1 saturated carbocycles. The van der Waals surface area contributed by atoms with Gasteiger partial charge in [0.15, 0.2) is 0 Å². The van der Waals surface area contributed by atoms with Gasteiger partial charge in [0.25, 0.3) is 0 Å². The third-order valence-corrected chi connectivity index (χ3v) is 6.04. The molecule has 0 amide bonds. The van der Waals surface area contributed by atoms with Gasteiger partial charge < -0.3 is 5.32 Å². The van der Waals surface area contributed by atoms with Crippen LogP contribution in [-0.2, 0) is 10.8 Å². The van der Waals surface area contributed by atoms with Crippen molar-refractivity contribution >= 4 is 22.4 Å². The molecule has 1 aliphatic rings. The Labute approximate surface area is 129 Å². The second-order valence-electron chi connectivity index (χ2n) is 5.77. The second-order valence-corrected chi connectivity index (χ2v) is 7.88. The molecule has 1 aliphatic carbocycles. The molecule has 0 aromatic heterocycles. The van der Waals surface area contributed by atoms with Gasteiger partial charge in [0, 0.05) is 16.0 Å². The van der Waals surface area contributed by atoms with E-state index in [4.69, 9.17) is 11.6 Å². The van der Waals surface area contributed by atoms with Gasteiger partial charge in [-0.2, -0.15) is 0 Å². The maximum atomic E-state index is 12.9. The Morgan fingerprint density at radius 1 is 1.40 bits per heavy atom. The Balaban J connectivity index is 2.14. The lowest BCUT2D eigenvalue weighted by Crippen LogP contribution is -2.46. The molecule has 2 rings (SSSR count). The van der Waals surface area contributed by atoms with E-state index in [0.29, 0.717) is 17.0 Å². The number of halogens is 1. The van der Waals surface area contributed by atoms with Gasteiger partial charge in [0.1, 0.15) is 0 Å². The molecule has 4 unspecified atom stereocenters. The third-order valence-electron chi connectivity index (χ3n) is 4.01. The van der Waals surface area contributed by atoms with E-state index in [2.05, 4.69) is 19.2 Å². The number of benzene rings is 1. The highest BCUT2D eigenvalue weighted by Gasteiger charge is 2.33. The molecule has 1 fully saturated rings. The average Bonchev–Trinajstić information content (AvgIpc) is 2.45. The minimum atomic E-state index is -0.981. The fourth-order valence-electron chi connectivity index (χ4n) is 2.90. The zero-order valence-electron chi connectivity index (χ0n) is 12.3. The van der Waals surface area contributed by atoms with E-state index in [1.807, 2.05) is 24.3 Å². The van der Waals surface area contributed by atoms with Crippen LogP contribution in [0.1, 0.15) is 39.5 Å². The molecular formula is C16H24ClNOS. The minimum Gasteiger partial charge on any atom is -0.313 e. The number of hydrogen-bond acceptors (Lipinski definition) is 2. The van der Waals surface area contributed by atoms with Gasteiger partial charge >= 0.3 is 0 Å². The van der Waals surface area contributed by atoms with Crippen LogP contribution in [0, 0.1) is 5.92 Å². The Hall–Kier alpha value is -0.380. The quantitative estimate of drug-likeness (QED) is 0.890. The average molecular weight is 314 g/mol. The van der Waals surface area contributed by atoms with E-state index in [1.165, 1.54) is 6.42 Å². The molecule has 0 aliphatic heterocycles. The summed E-state index contributed by atoms with van der Waals surface area (Å²) in [4.78, 5) is 0.861. The Kier molecular flexibility index (Phi) is 6.06. The van der Waals surface area contributed by atoms with E-state index in [0.717, 1.165) is 30.7 Å². The fourth-order valence-corrected chi connectivity index (χ4v) is 4.99. The first-order chi connectivity index (χ1) is 9.61. The van der Waals surface area contributed by atoms with Crippen LogP contribution in [0.3, 0.4) is 0 Å². The maximum Gasteiger partial charge on any atom is 0.0577 e. The standard InChI is InChI=1S/C16H24ClNOS/c1-3-9-18-15-8-7-12(2)10-16(15)20(19)14-6-4-5-13(17)11-14/h4-6,11-12,15-16,18H,3,7-10H2,1-2H3. The molecule has 1 aromatic rings. The van der Waals surface area contributed by atoms with Crippen LogP contribution in [0.15, 0.2) is 29.2 Å². The zero-order chi connectivity index (χ0) is 14.5. The summed E-state index contributed by atoms with van der Waals surface area (Å²) in [5.74, 6) is 0.655. The third kappa shape index (κ3) is 4.06. The highest BCUT2D eigenvalue weighted by atomic mass is 35.5. The fraction of sp³-hybridized carbons (Fsp3) is 0.625. The van der Waals surface area contributed by atoms with E-state index >= 15 is 0 Å². The Morgan fingerprint density at radius 2 is 2.20 bits per heavy atom. The molecule has 112 valence electrons. The van der Waals surface area contributed by atoms with Gasteiger partial charge in [-0.05, 0) is 56.3 Å². The van der Waals surface area contributed by atoms with Crippen LogP contribution in [-0.4, -0.2) is 22.0 Å². The van der Waals surface area contributed by atoms with Crippen molar-refractivity contribution in [3.05, 3.63) is 29.3 Å². The Morgan fingerprint density at radius 3 is 2.90 bits per heavy atom. The summed E-state index contributed by atoms with van der Waals surface area (Å²) < 4.78 is 12.9. The van der Waals surface area contributed by atoms with Crippen LogP contribution < -0.4 is 5.32 Å². The largest absolute Gasteiger partial charge is 0.313 e. The van der Waals surface area contributed by atoms with Gasteiger partial charge in [-0.25, -0.2) is 0 Å². The molecule has 2 nitrogen and oxygen atoms in total. The summed E-state index contributed by atoms with van der Waals surface area (Å²) in [6, 6.07) is 7.85. The lowest BCUT2D eigenvalue weighted by molar-refractivity contribution is 0.313. The second kappa shape index (κ2) is 7.58. The zero-order valence-corrected chi connectivity index (χ0v) is 13.8. The molecule has 4 atom stereocenters. The number of hydrogen-bond donors (Lipinski definition) is 1. The summed E-state index contributed by atoms with van der Waals surface area (Å²) in [5.41, 5.74) is 0. The maximum absolute atomic E-state index is 12.9. The van der Waals surface area contributed by atoms with E-state index in [1.54, 1.807) is 0 Å². The summed E-state index contributed by atoms with van der Waals surface area (Å²) in [6.45, 7) is 5.43. The molecule has 1 aromatic carbocycles. The van der Waals surface area contributed by atoms with Crippen molar-refractivity contribution in [2.75, 3.05) is 6.54 Å². The van der Waals surface area contributed by atoms with Crippen LogP contribution in [0.4, 0.5) is 0 Å². The van der Waals surface area contributed by atoms with E-state index < -0.39 is 10.8 Å². The normalized spacial score (nSPS) is 28.2. The van der Waals surface area contributed by atoms with Crippen molar-refractivity contribution < 1.29 is 4.21 Å². The van der Waals surface area contributed by atoms with Crippen LogP contribution in [0.5, 0.6) is 0 Å². The van der Waals surface area contributed by atoms with Gasteiger partial charge in [-0.15, -0.1) is 0 Å². The molecule has 0 saturated heterocycles. The van der Waals surface area contributed by atoms with E-state index in [9.17, 15) is 4.21 Å². The summed E-state index contributed by atoms with van der Waals surface area (Å²) >= 11 is 6.03. The van der Waals surface area contributed by atoms with Crippen molar-refractivity contribution in [2.24, 2.45) is 5.92 Å². The highest BCUT2D eigenvalue weighted by Crippen LogP contribution is 2.30. The molecule has 0 bridgehead atoms. The number of nitrogens with one attached hydrogen (secondary N) is 1. The van der Waals surface area contributed by atoms with Gasteiger partial charge in [0.2, 0.25) is 0 Å². The van der Waals surface area contributed by atoms with E-state index in [-0.39, 0.29) is 5.25 Å². The topological polar surface area (TPSA) is 29.1 Å². The highest BCUT2D eigenvalue weighted by molar-refractivity contribution is 7.85. The number of rotatable bonds is 5. The van der Waals surface area contributed by atoms with Gasteiger partial charge in [-0.1, -0.05) is 31.5 Å². The molecule has 0 spiro atoms. The Bertz CT molecular complexity index is 464. The van der Waals surface area contributed by atoms with Crippen molar-refractivity contribution in [3.8, 4) is 0 Å². The predicted octanol–water partition coefficient (Wildman–Crippen LogP) is 4.00. The van der Waals surface area contributed by atoms with Crippen LogP contribution >= 0.6 is 11.6 Å². The molecule has 1 N–H and O–H groups in total. The summed E-state index contributed by atoms with van der Waals surface area (Å²) in [7, 11) is -0.981. The first-order valence-electron chi connectivity index (χ1n) is 7.51. The summed E-state index contributed by atoms with van der Waals surface area (Å²) in [5, 5.41) is 4.44. The summed E-state index contributed by atoms with van der Waals surface area (Å²) in [6.07, 6.45) is 4.49. The minimum absolute atomic E-state index is 0.198. The predicted molar refractivity (Wildman–Crippen MR) is 86.7 cm³/mol. The van der Waals surface area contributed by atoms with Gasteiger partial charge in [0.05, 0.1) is 16.0 Å². The van der Waals surface area contributed by atoms with Crippen molar-refractivity contribution in [2.45, 2.75) is 55.7 Å². The lowest BCUT2D eigenvalue weighted by Gasteiger charge is -2.35. The van der Waals surface area contributed by atoms with Crippen molar-refractivity contribution in [1.29, 1.82) is 0 Å². The van der Waals surface area contributed by atoms with Crippen LogP contribution in [0.25, 0.3) is 0 Å². The molecule has 20 heavy (non-hydrogen) atoms. The first-order valence-corrected chi connectivity index (χ1v) is 9.10. The molecular weight excluding hydrogens is 290 g/mol. The monoisotopic (exact) mass is 313 g/mol. The lowest BCUT2D eigenvalue weighted by atomic mass is 9.87. The smallest absolute Gasteiger partial charge is 0.0577 e. The molecule has 0 heterocycles. The molecule has 4 heteroatoms. The molecule has 0 radical (unpaired) electrons. The van der Waals surface area contributed by atoms with Crippen molar-refractivity contribution in [1.82, 2.24) is 5.32 Å². The van der Waals surface area contributed by atoms with Crippen LogP contribution in [0.2, 0.25) is 5.02 Å².